The van der Waals surface area contributed by atoms with Gasteiger partial charge in [-0.1, -0.05) is 5.92 Å². The van der Waals surface area contributed by atoms with E-state index in [1.807, 2.05) is 19.2 Å². The number of aromatic nitrogens is 2. The number of anilines is 3. The van der Waals surface area contributed by atoms with E-state index in [9.17, 15) is 9.18 Å². The lowest BCUT2D eigenvalue weighted by molar-refractivity contribution is -0.114. The second kappa shape index (κ2) is 7.81. The number of carbonyl (C=O) groups is 1. The highest BCUT2D eigenvalue weighted by atomic mass is 19.1. The van der Waals surface area contributed by atoms with Crippen LogP contribution in [0.3, 0.4) is 0 Å². The van der Waals surface area contributed by atoms with Crippen molar-refractivity contribution in [1.82, 2.24) is 15.3 Å². The number of hydrogen-bond acceptors (Lipinski definition) is 5. The van der Waals surface area contributed by atoms with Crippen molar-refractivity contribution in [3.63, 3.8) is 0 Å². The third-order valence-corrected chi connectivity index (χ3v) is 3.75. The van der Waals surface area contributed by atoms with Gasteiger partial charge in [-0.15, -0.1) is 6.42 Å². The van der Waals surface area contributed by atoms with Crippen LogP contribution in [0.2, 0.25) is 0 Å². The van der Waals surface area contributed by atoms with Gasteiger partial charge in [0.1, 0.15) is 5.52 Å². The third kappa shape index (κ3) is 4.37. The number of benzene rings is 2. The maximum absolute atomic E-state index is 14.3. The molecule has 3 N–H and O–H groups in total. The molecule has 3 rings (SSSR count). The number of halogens is 1. The highest BCUT2D eigenvalue weighted by Gasteiger charge is 2.09. The van der Waals surface area contributed by atoms with Crippen LogP contribution in [-0.4, -0.2) is 22.9 Å². The minimum absolute atomic E-state index is 0.170. The van der Waals surface area contributed by atoms with E-state index in [0.29, 0.717) is 28.9 Å². The van der Waals surface area contributed by atoms with Crippen molar-refractivity contribution in [2.45, 2.75) is 13.5 Å². The first-order valence-electron chi connectivity index (χ1n) is 8.24. The molecule has 0 aliphatic heterocycles. The van der Waals surface area contributed by atoms with Crippen LogP contribution in [0.15, 0.2) is 36.5 Å². The molecule has 0 fully saturated rings. The van der Waals surface area contributed by atoms with E-state index in [1.165, 1.54) is 19.2 Å². The summed E-state index contributed by atoms with van der Waals surface area (Å²) in [6.45, 7) is 2.06. The number of fused-ring (bicyclic) bond motifs is 1. The van der Waals surface area contributed by atoms with Crippen LogP contribution in [0.5, 0.6) is 0 Å². The molecule has 27 heavy (non-hydrogen) atoms. The smallest absolute Gasteiger partial charge is 0.227 e. The van der Waals surface area contributed by atoms with Gasteiger partial charge in [-0.05, 0) is 42.9 Å². The van der Waals surface area contributed by atoms with Crippen molar-refractivity contribution in [1.29, 1.82) is 0 Å². The SMILES string of the molecule is C#Cc1cc(F)c2nc(Nc3cc(CNC)cc(NC(C)=O)c3)ncc2c1. The molecule has 0 saturated heterocycles. The van der Waals surface area contributed by atoms with Crippen LogP contribution in [0.25, 0.3) is 10.9 Å². The van der Waals surface area contributed by atoms with Gasteiger partial charge in [-0.2, -0.15) is 0 Å². The van der Waals surface area contributed by atoms with Crippen molar-refractivity contribution < 1.29 is 9.18 Å². The van der Waals surface area contributed by atoms with Gasteiger partial charge in [0, 0.05) is 42.0 Å². The fourth-order valence-electron chi connectivity index (χ4n) is 2.72. The normalized spacial score (nSPS) is 10.4. The third-order valence-electron chi connectivity index (χ3n) is 3.75. The molecule has 0 unspecified atom stereocenters. The van der Waals surface area contributed by atoms with Gasteiger partial charge in [-0.3, -0.25) is 4.79 Å². The van der Waals surface area contributed by atoms with Gasteiger partial charge in [0.05, 0.1) is 0 Å². The van der Waals surface area contributed by atoms with E-state index in [2.05, 4.69) is 31.8 Å². The number of nitrogens with one attached hydrogen (secondary N) is 3. The molecule has 3 aromatic rings. The Hall–Kier alpha value is -3.50. The van der Waals surface area contributed by atoms with Crippen molar-refractivity contribution >= 4 is 34.1 Å². The summed E-state index contributed by atoms with van der Waals surface area (Å²) in [6.07, 6.45) is 6.84. The average Bonchev–Trinajstić information content (AvgIpc) is 2.61. The zero-order valence-electron chi connectivity index (χ0n) is 14.9. The molecule has 1 amide bonds. The maximum Gasteiger partial charge on any atom is 0.227 e. The quantitative estimate of drug-likeness (QED) is 0.607. The summed E-state index contributed by atoms with van der Waals surface area (Å²) >= 11 is 0. The predicted molar refractivity (Wildman–Crippen MR) is 104 cm³/mol. The van der Waals surface area contributed by atoms with Crippen LogP contribution in [0, 0.1) is 18.2 Å². The Morgan fingerprint density at radius 2 is 2.00 bits per heavy atom. The van der Waals surface area contributed by atoms with Gasteiger partial charge in [0.25, 0.3) is 0 Å². The Morgan fingerprint density at radius 1 is 1.22 bits per heavy atom. The molecule has 0 aliphatic carbocycles. The van der Waals surface area contributed by atoms with Crippen LogP contribution < -0.4 is 16.0 Å². The number of carbonyl (C=O) groups excluding carboxylic acids is 1. The fraction of sp³-hybridized carbons (Fsp3) is 0.150. The monoisotopic (exact) mass is 363 g/mol. The van der Waals surface area contributed by atoms with E-state index in [4.69, 9.17) is 6.42 Å². The number of amides is 1. The Balaban J connectivity index is 1.96. The standard InChI is InChI=1S/C20H18FN5O/c1-4-13-5-15-11-23-20(26-19(15)18(21)8-13)25-17-7-14(10-22-3)6-16(9-17)24-12(2)27/h1,5-9,11,22H,10H2,2-3H3,(H,24,27)(H,23,25,26). The first-order chi connectivity index (χ1) is 13.0. The molecule has 2 aromatic carbocycles. The summed E-state index contributed by atoms with van der Waals surface area (Å²) in [5.41, 5.74) is 2.88. The van der Waals surface area contributed by atoms with Crippen LogP contribution in [-0.2, 0) is 11.3 Å². The summed E-state index contributed by atoms with van der Waals surface area (Å²) in [4.78, 5) is 19.8. The molecule has 0 aliphatic rings. The predicted octanol–water partition coefficient (Wildman–Crippen LogP) is 3.17. The highest BCUT2D eigenvalue weighted by molar-refractivity contribution is 5.89. The van der Waals surface area contributed by atoms with Gasteiger partial charge in [-0.25, -0.2) is 14.4 Å². The number of nitrogens with zero attached hydrogens (tertiary/aromatic N) is 2. The lowest BCUT2D eigenvalue weighted by Crippen LogP contribution is -2.09. The molecule has 0 atom stereocenters. The van der Waals surface area contributed by atoms with Crippen molar-refractivity contribution in [2.24, 2.45) is 0 Å². The summed E-state index contributed by atoms with van der Waals surface area (Å²) in [6, 6.07) is 8.44. The van der Waals surface area contributed by atoms with Gasteiger partial charge >= 0.3 is 0 Å². The maximum atomic E-state index is 14.3. The molecule has 1 aromatic heterocycles. The van der Waals surface area contributed by atoms with Crippen LogP contribution >= 0.6 is 0 Å². The van der Waals surface area contributed by atoms with Crippen LogP contribution in [0.1, 0.15) is 18.1 Å². The number of hydrogen-bond donors (Lipinski definition) is 3. The van der Waals surface area contributed by atoms with Crippen molar-refractivity contribution in [3.05, 3.63) is 53.5 Å². The molecule has 0 spiro atoms. The highest BCUT2D eigenvalue weighted by Crippen LogP contribution is 2.24. The zero-order chi connectivity index (χ0) is 19.4. The Bertz CT molecular complexity index is 1060. The molecular weight excluding hydrogens is 345 g/mol. The lowest BCUT2D eigenvalue weighted by atomic mass is 10.1. The lowest BCUT2D eigenvalue weighted by Gasteiger charge is -2.12. The molecule has 136 valence electrons. The number of rotatable bonds is 5. The first-order valence-corrected chi connectivity index (χ1v) is 8.24. The topological polar surface area (TPSA) is 78.9 Å². The van der Waals surface area contributed by atoms with E-state index in [0.717, 1.165) is 5.56 Å². The van der Waals surface area contributed by atoms with E-state index in [-0.39, 0.29) is 17.4 Å². The average molecular weight is 363 g/mol. The van der Waals surface area contributed by atoms with Crippen molar-refractivity contribution in [2.75, 3.05) is 17.7 Å². The molecular formula is C20H18FN5O. The second-order valence-corrected chi connectivity index (χ2v) is 5.99. The van der Waals surface area contributed by atoms with E-state index >= 15 is 0 Å². The first kappa shape index (κ1) is 18.3. The molecule has 0 radical (unpaired) electrons. The summed E-state index contributed by atoms with van der Waals surface area (Å²) in [7, 11) is 1.83. The Labute approximate surface area is 156 Å². The van der Waals surface area contributed by atoms with Gasteiger partial charge in [0.2, 0.25) is 11.9 Å². The van der Waals surface area contributed by atoms with E-state index in [1.54, 1.807) is 12.1 Å². The molecule has 0 bridgehead atoms. The second-order valence-electron chi connectivity index (χ2n) is 5.99. The minimum atomic E-state index is -0.506. The fourth-order valence-corrected chi connectivity index (χ4v) is 2.72. The summed E-state index contributed by atoms with van der Waals surface area (Å²) in [5, 5.41) is 9.40. The molecule has 0 saturated carbocycles. The summed E-state index contributed by atoms with van der Waals surface area (Å²) in [5.74, 6) is 1.97. The van der Waals surface area contributed by atoms with Crippen LogP contribution in [0.4, 0.5) is 21.7 Å². The van der Waals surface area contributed by atoms with E-state index < -0.39 is 5.82 Å². The van der Waals surface area contributed by atoms with Gasteiger partial charge in [0.15, 0.2) is 5.82 Å². The Morgan fingerprint density at radius 3 is 2.70 bits per heavy atom. The Kier molecular flexibility index (Phi) is 5.29. The summed E-state index contributed by atoms with van der Waals surface area (Å²) < 4.78 is 14.3. The largest absolute Gasteiger partial charge is 0.326 e. The van der Waals surface area contributed by atoms with Crippen molar-refractivity contribution in [3.8, 4) is 12.3 Å². The molecule has 7 heteroatoms. The van der Waals surface area contributed by atoms with Gasteiger partial charge < -0.3 is 16.0 Å². The molecule has 1 heterocycles. The zero-order valence-corrected chi connectivity index (χ0v) is 14.9. The minimum Gasteiger partial charge on any atom is -0.326 e. The molecule has 6 nitrogen and oxygen atoms in total. The number of terminal acetylenes is 1.